The van der Waals surface area contributed by atoms with E-state index in [-0.39, 0.29) is 12.1 Å². The SMILES string of the molecule is O=C(Nc1ccc(Cl)nn1)NC1CCCCC1. The van der Waals surface area contributed by atoms with E-state index in [1.807, 2.05) is 0 Å². The van der Waals surface area contributed by atoms with Crippen molar-refractivity contribution in [3.8, 4) is 0 Å². The van der Waals surface area contributed by atoms with Gasteiger partial charge in [-0.2, -0.15) is 0 Å². The molecule has 0 unspecified atom stereocenters. The van der Waals surface area contributed by atoms with Crippen LogP contribution >= 0.6 is 11.6 Å². The number of carbonyl (C=O) groups is 1. The molecule has 0 radical (unpaired) electrons. The third-order valence-electron chi connectivity index (χ3n) is 2.81. The zero-order chi connectivity index (χ0) is 12.1. The third-order valence-corrected chi connectivity index (χ3v) is 3.02. The standard InChI is InChI=1S/C11H15ClN4O/c12-9-6-7-10(16-15-9)14-11(17)13-8-4-2-1-3-5-8/h6-8H,1-5H2,(H2,13,14,16,17). The number of halogens is 1. The van der Waals surface area contributed by atoms with Gasteiger partial charge in [-0.05, 0) is 25.0 Å². The lowest BCUT2D eigenvalue weighted by molar-refractivity contribution is 0.244. The van der Waals surface area contributed by atoms with E-state index in [1.165, 1.54) is 19.3 Å². The van der Waals surface area contributed by atoms with Crippen LogP contribution in [0.1, 0.15) is 32.1 Å². The van der Waals surface area contributed by atoms with Crippen molar-refractivity contribution in [2.45, 2.75) is 38.1 Å². The Hall–Kier alpha value is -1.36. The lowest BCUT2D eigenvalue weighted by atomic mass is 9.96. The number of aromatic nitrogens is 2. The molecule has 92 valence electrons. The van der Waals surface area contributed by atoms with Crippen molar-refractivity contribution >= 4 is 23.4 Å². The van der Waals surface area contributed by atoms with Crippen LogP contribution in [0.4, 0.5) is 10.6 Å². The number of hydrogen-bond donors (Lipinski definition) is 2. The molecule has 17 heavy (non-hydrogen) atoms. The Kier molecular flexibility index (Phi) is 4.14. The monoisotopic (exact) mass is 254 g/mol. The zero-order valence-corrected chi connectivity index (χ0v) is 10.2. The van der Waals surface area contributed by atoms with Crippen LogP contribution in [0.5, 0.6) is 0 Å². The van der Waals surface area contributed by atoms with Gasteiger partial charge >= 0.3 is 6.03 Å². The summed E-state index contributed by atoms with van der Waals surface area (Å²) in [7, 11) is 0. The van der Waals surface area contributed by atoms with E-state index in [0.717, 1.165) is 12.8 Å². The van der Waals surface area contributed by atoms with Crippen molar-refractivity contribution in [1.82, 2.24) is 15.5 Å². The molecule has 5 nitrogen and oxygen atoms in total. The molecule has 2 rings (SSSR count). The van der Waals surface area contributed by atoms with Gasteiger partial charge in [0.15, 0.2) is 11.0 Å². The molecule has 1 aliphatic rings. The van der Waals surface area contributed by atoms with Crippen molar-refractivity contribution in [3.05, 3.63) is 17.3 Å². The minimum absolute atomic E-state index is 0.228. The predicted octanol–water partition coefficient (Wildman–Crippen LogP) is 2.58. The normalized spacial score (nSPS) is 16.5. The molecule has 1 aromatic heterocycles. The number of urea groups is 1. The van der Waals surface area contributed by atoms with Gasteiger partial charge in [-0.15, -0.1) is 10.2 Å². The largest absolute Gasteiger partial charge is 0.335 e. The van der Waals surface area contributed by atoms with Gasteiger partial charge in [-0.3, -0.25) is 5.32 Å². The van der Waals surface area contributed by atoms with Crippen LogP contribution in [0.15, 0.2) is 12.1 Å². The predicted molar refractivity (Wildman–Crippen MR) is 66.1 cm³/mol. The highest BCUT2D eigenvalue weighted by molar-refractivity contribution is 6.29. The summed E-state index contributed by atoms with van der Waals surface area (Å²) in [5, 5.41) is 13.3. The molecule has 0 atom stereocenters. The number of hydrogen-bond acceptors (Lipinski definition) is 3. The summed E-state index contributed by atoms with van der Waals surface area (Å²) in [6, 6.07) is 3.26. The van der Waals surface area contributed by atoms with E-state index in [4.69, 9.17) is 11.6 Å². The van der Waals surface area contributed by atoms with Crippen molar-refractivity contribution in [1.29, 1.82) is 0 Å². The average Bonchev–Trinajstić information content (AvgIpc) is 2.33. The summed E-state index contributed by atoms with van der Waals surface area (Å²) in [5.41, 5.74) is 0. The average molecular weight is 255 g/mol. The minimum Gasteiger partial charge on any atom is -0.335 e. The Morgan fingerprint density at radius 1 is 1.24 bits per heavy atom. The van der Waals surface area contributed by atoms with Gasteiger partial charge in [0.05, 0.1) is 0 Å². The van der Waals surface area contributed by atoms with E-state index in [0.29, 0.717) is 11.0 Å². The van der Waals surface area contributed by atoms with Gasteiger partial charge in [0.25, 0.3) is 0 Å². The summed E-state index contributed by atoms with van der Waals surface area (Å²) < 4.78 is 0. The van der Waals surface area contributed by atoms with Crippen LogP contribution in [0.25, 0.3) is 0 Å². The van der Waals surface area contributed by atoms with Gasteiger partial charge in [0, 0.05) is 6.04 Å². The highest BCUT2D eigenvalue weighted by atomic mass is 35.5. The first-order valence-corrected chi connectivity index (χ1v) is 6.18. The van der Waals surface area contributed by atoms with E-state index in [1.54, 1.807) is 12.1 Å². The smallest absolute Gasteiger partial charge is 0.320 e. The Balaban J connectivity index is 1.82. The molecular weight excluding hydrogens is 240 g/mol. The number of nitrogens with one attached hydrogen (secondary N) is 2. The fourth-order valence-electron chi connectivity index (χ4n) is 1.97. The first-order valence-electron chi connectivity index (χ1n) is 5.81. The Morgan fingerprint density at radius 2 is 2.00 bits per heavy atom. The number of amides is 2. The zero-order valence-electron chi connectivity index (χ0n) is 9.45. The highest BCUT2D eigenvalue weighted by Gasteiger charge is 2.15. The second kappa shape index (κ2) is 5.82. The van der Waals surface area contributed by atoms with Gasteiger partial charge in [-0.25, -0.2) is 4.79 Å². The maximum atomic E-state index is 11.6. The maximum Gasteiger partial charge on any atom is 0.320 e. The van der Waals surface area contributed by atoms with Crippen LogP contribution < -0.4 is 10.6 Å². The number of nitrogens with zero attached hydrogens (tertiary/aromatic N) is 2. The Morgan fingerprint density at radius 3 is 2.65 bits per heavy atom. The summed E-state index contributed by atoms with van der Waals surface area (Å²) >= 11 is 5.60. The molecule has 1 heterocycles. The molecular formula is C11H15ClN4O. The van der Waals surface area contributed by atoms with Crippen LogP contribution in [0.3, 0.4) is 0 Å². The van der Waals surface area contributed by atoms with Crippen molar-refractivity contribution in [3.63, 3.8) is 0 Å². The van der Waals surface area contributed by atoms with Crippen molar-refractivity contribution in [2.75, 3.05) is 5.32 Å². The van der Waals surface area contributed by atoms with Crippen molar-refractivity contribution < 1.29 is 4.79 Å². The molecule has 1 fully saturated rings. The Labute approximate surface area is 105 Å². The maximum absolute atomic E-state index is 11.6. The molecule has 0 bridgehead atoms. The second-order valence-corrected chi connectivity index (χ2v) is 4.56. The molecule has 6 heteroatoms. The molecule has 0 aromatic carbocycles. The van der Waals surface area contributed by atoms with Crippen LogP contribution in [-0.4, -0.2) is 22.3 Å². The van der Waals surface area contributed by atoms with E-state index >= 15 is 0 Å². The summed E-state index contributed by atoms with van der Waals surface area (Å²) in [6.07, 6.45) is 5.75. The van der Waals surface area contributed by atoms with Gasteiger partial charge in [-0.1, -0.05) is 30.9 Å². The lowest BCUT2D eigenvalue weighted by Crippen LogP contribution is -2.39. The topological polar surface area (TPSA) is 66.9 Å². The van der Waals surface area contributed by atoms with Crippen molar-refractivity contribution in [2.24, 2.45) is 0 Å². The molecule has 1 saturated carbocycles. The fraction of sp³-hybridized carbons (Fsp3) is 0.545. The molecule has 2 N–H and O–H groups in total. The number of carbonyl (C=O) groups excluding carboxylic acids is 1. The molecule has 0 aliphatic heterocycles. The van der Waals surface area contributed by atoms with E-state index < -0.39 is 0 Å². The first kappa shape index (κ1) is 12.1. The molecule has 1 aromatic rings. The molecule has 1 aliphatic carbocycles. The summed E-state index contributed by atoms with van der Waals surface area (Å²) in [4.78, 5) is 11.6. The molecule has 0 saturated heterocycles. The number of rotatable bonds is 2. The summed E-state index contributed by atoms with van der Waals surface area (Å²) in [5.74, 6) is 0.405. The van der Waals surface area contributed by atoms with E-state index in [9.17, 15) is 4.79 Å². The first-order chi connectivity index (χ1) is 8.24. The minimum atomic E-state index is -0.228. The lowest BCUT2D eigenvalue weighted by Gasteiger charge is -2.22. The van der Waals surface area contributed by atoms with E-state index in [2.05, 4.69) is 20.8 Å². The second-order valence-electron chi connectivity index (χ2n) is 4.17. The van der Waals surface area contributed by atoms with Crippen LogP contribution in [0, 0.1) is 0 Å². The Bertz CT molecular complexity index is 376. The number of anilines is 1. The molecule has 0 spiro atoms. The highest BCUT2D eigenvalue weighted by Crippen LogP contribution is 2.17. The van der Waals surface area contributed by atoms with Gasteiger partial charge < -0.3 is 5.32 Å². The van der Waals surface area contributed by atoms with Crippen LogP contribution in [0.2, 0.25) is 5.15 Å². The fourth-order valence-corrected chi connectivity index (χ4v) is 2.07. The van der Waals surface area contributed by atoms with Gasteiger partial charge in [0.1, 0.15) is 0 Å². The summed E-state index contributed by atoms with van der Waals surface area (Å²) in [6.45, 7) is 0. The quantitative estimate of drug-likeness (QED) is 0.852. The van der Waals surface area contributed by atoms with Gasteiger partial charge in [0.2, 0.25) is 0 Å². The van der Waals surface area contributed by atoms with Crippen LogP contribution in [-0.2, 0) is 0 Å². The molecule has 2 amide bonds. The third kappa shape index (κ3) is 3.85.